The van der Waals surface area contributed by atoms with Crippen LogP contribution >= 0.6 is 11.6 Å². The van der Waals surface area contributed by atoms with Crippen molar-refractivity contribution < 1.29 is 14.0 Å². The van der Waals surface area contributed by atoms with E-state index >= 15 is 0 Å². The van der Waals surface area contributed by atoms with Crippen LogP contribution in [0, 0.1) is 12.7 Å². The normalized spacial score (nSPS) is 15.3. The highest BCUT2D eigenvalue weighted by Crippen LogP contribution is 2.39. The predicted molar refractivity (Wildman–Crippen MR) is 113 cm³/mol. The predicted octanol–water partition coefficient (Wildman–Crippen LogP) is 4.33. The van der Waals surface area contributed by atoms with Crippen molar-refractivity contribution >= 4 is 34.8 Å². The van der Waals surface area contributed by atoms with E-state index in [1.165, 1.54) is 17.0 Å². The minimum atomic E-state index is -0.637. The molecule has 6 nitrogen and oxygen atoms in total. The number of fused-ring (bicyclic) bond motifs is 3. The molecule has 1 atom stereocenters. The Morgan fingerprint density at radius 1 is 1.27 bits per heavy atom. The number of aromatic nitrogens is 2. The van der Waals surface area contributed by atoms with Crippen LogP contribution in [-0.4, -0.2) is 28.3 Å². The lowest BCUT2D eigenvalue weighted by Crippen LogP contribution is -2.40. The number of halogens is 2. The molecule has 0 bridgehead atoms. The summed E-state index contributed by atoms with van der Waals surface area (Å²) < 4.78 is 13.7. The molecule has 0 radical (unpaired) electrons. The molecule has 2 amide bonds. The maximum absolute atomic E-state index is 13.7. The van der Waals surface area contributed by atoms with Crippen LogP contribution in [0.4, 0.5) is 15.8 Å². The smallest absolute Gasteiger partial charge is 0.244 e. The molecule has 3 aromatic rings. The standard InChI is InChI=1S/C22H18ClFN4O2/c1-12-8-19-16(10-26-12)21-15(4-3-7-25-21)13(2)22(30)28(19)11-20(29)27-14-5-6-17(23)18(24)9-14/h3-10,13H,11H2,1-2H3,(H,27,29)/t13-/m0/s1. The first-order valence-corrected chi connectivity index (χ1v) is 9.71. The van der Waals surface area contributed by atoms with E-state index < -0.39 is 17.6 Å². The number of carbonyl (C=O) groups excluding carboxylic acids is 2. The average Bonchev–Trinajstić information content (AvgIpc) is 2.80. The zero-order valence-corrected chi connectivity index (χ0v) is 17.1. The van der Waals surface area contributed by atoms with Crippen LogP contribution in [0.15, 0.2) is 48.8 Å². The summed E-state index contributed by atoms with van der Waals surface area (Å²) in [5, 5.41) is 2.58. The SMILES string of the molecule is Cc1cc2c(cn1)-c1ncccc1[C@H](C)C(=O)N2CC(=O)Nc1ccc(Cl)c(F)c1. The van der Waals surface area contributed by atoms with Crippen LogP contribution in [0.3, 0.4) is 0 Å². The zero-order valence-electron chi connectivity index (χ0n) is 16.3. The summed E-state index contributed by atoms with van der Waals surface area (Å²) in [6.07, 6.45) is 3.33. The van der Waals surface area contributed by atoms with Gasteiger partial charge in [-0.25, -0.2) is 4.39 Å². The second-order valence-corrected chi connectivity index (χ2v) is 7.51. The van der Waals surface area contributed by atoms with Gasteiger partial charge in [0, 0.05) is 29.3 Å². The summed E-state index contributed by atoms with van der Waals surface area (Å²) in [4.78, 5) is 36.2. The van der Waals surface area contributed by atoms with E-state index in [0.717, 1.165) is 11.6 Å². The van der Waals surface area contributed by atoms with E-state index in [1.54, 1.807) is 31.5 Å². The summed E-state index contributed by atoms with van der Waals surface area (Å²) in [7, 11) is 0. The summed E-state index contributed by atoms with van der Waals surface area (Å²) in [5.41, 5.74) is 3.65. The highest BCUT2D eigenvalue weighted by Gasteiger charge is 2.33. The number of carbonyl (C=O) groups is 2. The average molecular weight is 425 g/mol. The van der Waals surface area contributed by atoms with Crippen LogP contribution in [0.2, 0.25) is 5.02 Å². The van der Waals surface area contributed by atoms with Crippen LogP contribution < -0.4 is 10.2 Å². The summed E-state index contributed by atoms with van der Waals surface area (Å²) in [5.74, 6) is -1.83. The Kier molecular flexibility index (Phi) is 5.22. The van der Waals surface area contributed by atoms with Gasteiger partial charge in [-0.3, -0.25) is 19.6 Å². The van der Waals surface area contributed by atoms with Crippen molar-refractivity contribution in [3.8, 4) is 11.3 Å². The number of hydrogen-bond acceptors (Lipinski definition) is 4. The molecule has 0 unspecified atom stereocenters. The van der Waals surface area contributed by atoms with Crippen LogP contribution in [-0.2, 0) is 9.59 Å². The first-order valence-electron chi connectivity index (χ1n) is 9.33. The quantitative estimate of drug-likeness (QED) is 0.678. The summed E-state index contributed by atoms with van der Waals surface area (Å²) >= 11 is 5.69. The zero-order chi connectivity index (χ0) is 21.4. The maximum Gasteiger partial charge on any atom is 0.244 e. The Balaban J connectivity index is 1.70. The van der Waals surface area contributed by atoms with E-state index in [4.69, 9.17) is 11.6 Å². The third kappa shape index (κ3) is 3.64. The lowest BCUT2D eigenvalue weighted by Gasteiger charge is -2.24. The number of pyridine rings is 2. The minimum absolute atomic E-state index is 0.0355. The van der Waals surface area contributed by atoms with Gasteiger partial charge < -0.3 is 10.2 Å². The molecular formula is C22H18ClFN4O2. The Morgan fingerprint density at radius 2 is 2.07 bits per heavy atom. The number of nitrogens with zero attached hydrogens (tertiary/aromatic N) is 3. The van der Waals surface area contributed by atoms with E-state index in [2.05, 4.69) is 15.3 Å². The van der Waals surface area contributed by atoms with Crippen molar-refractivity contribution in [3.63, 3.8) is 0 Å². The number of rotatable bonds is 3. The molecule has 0 spiro atoms. The van der Waals surface area contributed by atoms with E-state index in [9.17, 15) is 14.0 Å². The van der Waals surface area contributed by atoms with Gasteiger partial charge in [-0.05, 0) is 49.7 Å². The molecule has 0 saturated carbocycles. The second-order valence-electron chi connectivity index (χ2n) is 7.11. The van der Waals surface area contributed by atoms with E-state index in [0.29, 0.717) is 22.6 Å². The van der Waals surface area contributed by atoms with Gasteiger partial charge in [-0.15, -0.1) is 0 Å². The lowest BCUT2D eigenvalue weighted by atomic mass is 9.97. The van der Waals surface area contributed by atoms with Crippen LogP contribution in [0.5, 0.6) is 0 Å². The fraction of sp³-hybridized carbons (Fsp3) is 0.182. The molecule has 152 valence electrons. The Labute approximate surface area is 177 Å². The molecule has 0 aliphatic carbocycles. The molecule has 30 heavy (non-hydrogen) atoms. The first kappa shape index (κ1) is 20.0. The van der Waals surface area contributed by atoms with Crippen molar-refractivity contribution in [2.45, 2.75) is 19.8 Å². The number of nitrogens with one attached hydrogen (secondary N) is 1. The van der Waals surface area contributed by atoms with Crippen LogP contribution in [0.25, 0.3) is 11.3 Å². The van der Waals surface area contributed by atoms with Gasteiger partial charge in [-0.2, -0.15) is 0 Å². The molecule has 0 fully saturated rings. The van der Waals surface area contributed by atoms with Gasteiger partial charge in [0.1, 0.15) is 12.4 Å². The molecule has 1 aromatic carbocycles. The monoisotopic (exact) mass is 424 g/mol. The number of anilines is 2. The Hall–Kier alpha value is -3.32. The number of benzene rings is 1. The maximum atomic E-state index is 13.7. The Morgan fingerprint density at radius 3 is 2.83 bits per heavy atom. The number of hydrogen-bond donors (Lipinski definition) is 1. The third-order valence-electron chi connectivity index (χ3n) is 5.01. The van der Waals surface area contributed by atoms with Crippen molar-refractivity contribution in [1.29, 1.82) is 0 Å². The van der Waals surface area contributed by atoms with Crippen molar-refractivity contribution in [2.24, 2.45) is 0 Å². The molecule has 1 N–H and O–H groups in total. The number of aryl methyl sites for hydroxylation is 1. The minimum Gasteiger partial charge on any atom is -0.324 e. The van der Waals surface area contributed by atoms with Gasteiger partial charge in [0.05, 0.1) is 22.3 Å². The Bertz CT molecular complexity index is 1170. The third-order valence-corrected chi connectivity index (χ3v) is 5.32. The van der Waals surface area contributed by atoms with Gasteiger partial charge in [0.15, 0.2) is 0 Å². The van der Waals surface area contributed by atoms with Crippen molar-refractivity contribution in [2.75, 3.05) is 16.8 Å². The molecule has 1 aliphatic rings. The summed E-state index contributed by atoms with van der Waals surface area (Å²) in [6.45, 7) is 3.36. The first-order chi connectivity index (χ1) is 14.3. The van der Waals surface area contributed by atoms with Crippen molar-refractivity contribution in [3.05, 3.63) is 70.9 Å². The van der Waals surface area contributed by atoms with E-state index in [-0.39, 0.29) is 23.2 Å². The molecule has 4 rings (SSSR count). The van der Waals surface area contributed by atoms with E-state index in [1.807, 2.05) is 13.0 Å². The fourth-order valence-corrected chi connectivity index (χ4v) is 3.63. The highest BCUT2D eigenvalue weighted by atomic mass is 35.5. The van der Waals surface area contributed by atoms with Gasteiger partial charge >= 0.3 is 0 Å². The van der Waals surface area contributed by atoms with Gasteiger partial charge in [0.25, 0.3) is 0 Å². The van der Waals surface area contributed by atoms with Crippen molar-refractivity contribution in [1.82, 2.24) is 9.97 Å². The lowest BCUT2D eigenvalue weighted by molar-refractivity contribution is -0.122. The molecule has 8 heteroatoms. The fourth-order valence-electron chi connectivity index (χ4n) is 3.51. The number of amides is 2. The largest absolute Gasteiger partial charge is 0.324 e. The second kappa shape index (κ2) is 7.84. The van der Waals surface area contributed by atoms with Gasteiger partial charge in [-0.1, -0.05) is 17.7 Å². The topological polar surface area (TPSA) is 75.2 Å². The van der Waals surface area contributed by atoms with Gasteiger partial charge in [0.2, 0.25) is 11.8 Å². The molecular weight excluding hydrogens is 407 g/mol. The summed E-state index contributed by atoms with van der Waals surface area (Å²) in [6, 6.07) is 9.39. The molecule has 0 saturated heterocycles. The highest BCUT2D eigenvalue weighted by molar-refractivity contribution is 6.30. The molecule has 2 aromatic heterocycles. The molecule has 3 heterocycles. The van der Waals surface area contributed by atoms with Crippen LogP contribution in [0.1, 0.15) is 24.1 Å². The molecule has 1 aliphatic heterocycles.